The molecule has 1 unspecified atom stereocenters. The summed E-state index contributed by atoms with van der Waals surface area (Å²) >= 11 is 1.39. The zero-order valence-corrected chi connectivity index (χ0v) is 20.1. The van der Waals surface area contributed by atoms with Crippen LogP contribution in [0.1, 0.15) is 53.5 Å². The number of hydroxylamine groups is 1. The number of amides is 1. The molecule has 0 spiro atoms. The Morgan fingerprint density at radius 2 is 2.06 bits per heavy atom. The Hall–Kier alpha value is -2.65. The van der Waals surface area contributed by atoms with Crippen LogP contribution < -0.4 is 10.8 Å². The van der Waals surface area contributed by atoms with Crippen LogP contribution in [-0.4, -0.2) is 35.8 Å². The highest BCUT2D eigenvalue weighted by Gasteiger charge is 2.14. The smallest absolute Gasteiger partial charge is 0.285 e. The van der Waals surface area contributed by atoms with E-state index in [9.17, 15) is 4.79 Å². The zero-order chi connectivity index (χ0) is 23.3. The molecule has 0 saturated carbocycles. The maximum Gasteiger partial charge on any atom is 0.285 e. The number of unbranched alkanes of at least 4 members (excludes halogenated alkanes) is 2. The number of nitrogens with zero attached hydrogens (tertiary/aromatic N) is 2. The molecule has 8 heteroatoms. The molecule has 3 heterocycles. The number of nitrogens with one attached hydrogen (secondary N) is 2. The molecular weight excluding hydrogens is 436 g/mol. The molecule has 1 amide bonds. The lowest BCUT2D eigenvalue weighted by atomic mass is 10.2. The van der Waals surface area contributed by atoms with E-state index in [2.05, 4.69) is 28.8 Å². The van der Waals surface area contributed by atoms with Crippen LogP contribution in [-0.2, 0) is 22.5 Å². The minimum Gasteiger partial charge on any atom is -0.354 e. The van der Waals surface area contributed by atoms with Crippen LogP contribution in [0.5, 0.6) is 0 Å². The molecule has 0 saturated heterocycles. The van der Waals surface area contributed by atoms with Crippen LogP contribution in [0, 0.1) is 0 Å². The number of hydrogen-bond acceptors (Lipinski definition) is 7. The van der Waals surface area contributed by atoms with Gasteiger partial charge in [-0.1, -0.05) is 31.9 Å². The molecule has 7 nitrogen and oxygen atoms in total. The van der Waals surface area contributed by atoms with Crippen LogP contribution in [0.2, 0.25) is 0 Å². The van der Waals surface area contributed by atoms with E-state index in [1.807, 2.05) is 36.5 Å². The summed E-state index contributed by atoms with van der Waals surface area (Å²) < 4.78 is 5.28. The molecule has 1 atom stereocenters. The van der Waals surface area contributed by atoms with Crippen LogP contribution >= 0.6 is 11.3 Å². The maximum absolute atomic E-state index is 12.5. The van der Waals surface area contributed by atoms with Gasteiger partial charge in [-0.05, 0) is 55.3 Å². The van der Waals surface area contributed by atoms with Gasteiger partial charge in [0.2, 0.25) is 0 Å². The minimum atomic E-state index is -0.441. The number of carbonyl (C=O) groups excluding carboxylic acids is 1. The molecule has 0 aliphatic heterocycles. The fraction of sp³-hybridized carbons (Fsp3) is 0.400. The molecule has 0 fully saturated rings. The summed E-state index contributed by atoms with van der Waals surface area (Å²) in [5.74, 6) is -0.281. The molecule has 3 rings (SSSR count). The highest BCUT2D eigenvalue weighted by atomic mass is 32.1. The molecule has 33 heavy (non-hydrogen) atoms. The summed E-state index contributed by atoms with van der Waals surface area (Å²) in [7, 11) is 1.58. The van der Waals surface area contributed by atoms with Gasteiger partial charge >= 0.3 is 0 Å². The molecule has 0 aromatic carbocycles. The molecular formula is C25H32N4O3S. The average molecular weight is 469 g/mol. The lowest BCUT2D eigenvalue weighted by Crippen LogP contribution is -2.30. The highest BCUT2D eigenvalue weighted by Crippen LogP contribution is 2.27. The monoisotopic (exact) mass is 468 g/mol. The van der Waals surface area contributed by atoms with E-state index in [0.717, 1.165) is 54.9 Å². The Balaban J connectivity index is 1.49. The third kappa shape index (κ3) is 8.33. The number of methoxy groups -OCH3 is 1. The van der Waals surface area contributed by atoms with Crippen molar-refractivity contribution in [2.24, 2.45) is 0 Å². The van der Waals surface area contributed by atoms with Crippen molar-refractivity contribution in [2.45, 2.75) is 51.9 Å². The van der Waals surface area contributed by atoms with Gasteiger partial charge in [0.05, 0.1) is 21.1 Å². The molecule has 3 aromatic heterocycles. The largest absolute Gasteiger partial charge is 0.354 e. The Bertz CT molecular complexity index is 981. The molecule has 2 N–H and O–H groups in total. The van der Waals surface area contributed by atoms with E-state index < -0.39 is 6.29 Å². The maximum atomic E-state index is 12.5. The quantitative estimate of drug-likeness (QED) is 0.202. The second-order valence-corrected chi connectivity index (χ2v) is 8.76. The van der Waals surface area contributed by atoms with E-state index in [1.54, 1.807) is 19.4 Å². The summed E-state index contributed by atoms with van der Waals surface area (Å²) in [6.07, 6.45) is 8.11. The van der Waals surface area contributed by atoms with Crippen molar-refractivity contribution < 1.29 is 14.4 Å². The van der Waals surface area contributed by atoms with Crippen molar-refractivity contribution in [3.05, 3.63) is 71.0 Å². The van der Waals surface area contributed by atoms with Gasteiger partial charge in [-0.15, -0.1) is 11.3 Å². The van der Waals surface area contributed by atoms with Crippen LogP contribution in [0.4, 0.5) is 0 Å². The molecule has 3 aromatic rings. The fourth-order valence-electron chi connectivity index (χ4n) is 3.26. The summed E-state index contributed by atoms with van der Waals surface area (Å²) in [6.45, 7) is 3.67. The van der Waals surface area contributed by atoms with E-state index in [0.29, 0.717) is 11.4 Å². The first kappa shape index (κ1) is 25.0. The van der Waals surface area contributed by atoms with Crippen LogP contribution in [0.25, 0.3) is 10.6 Å². The Labute approximate surface area is 199 Å². The second kappa shape index (κ2) is 13.8. The van der Waals surface area contributed by atoms with E-state index in [4.69, 9.17) is 14.6 Å². The highest BCUT2D eigenvalue weighted by molar-refractivity contribution is 7.17. The number of carbonyl (C=O) groups is 1. The van der Waals surface area contributed by atoms with Crippen molar-refractivity contribution in [1.82, 2.24) is 20.8 Å². The van der Waals surface area contributed by atoms with Crippen molar-refractivity contribution >= 4 is 17.2 Å². The van der Waals surface area contributed by atoms with Crippen molar-refractivity contribution in [3.63, 3.8) is 0 Å². The SMILES string of the molecule is CCCCCC(OC)ONC(=O)c1ccc(-c2cccc(CNCCc3cccnc3)n2)s1. The lowest BCUT2D eigenvalue weighted by Gasteiger charge is -2.15. The molecule has 0 bridgehead atoms. The third-order valence-electron chi connectivity index (χ3n) is 5.10. The zero-order valence-electron chi connectivity index (χ0n) is 19.3. The number of aromatic nitrogens is 2. The first-order chi connectivity index (χ1) is 16.2. The van der Waals surface area contributed by atoms with Crippen molar-refractivity contribution in [3.8, 4) is 10.6 Å². The molecule has 0 aliphatic rings. The van der Waals surface area contributed by atoms with Gasteiger partial charge in [-0.25, -0.2) is 10.3 Å². The topological polar surface area (TPSA) is 85.4 Å². The number of thiophene rings is 1. The third-order valence-corrected chi connectivity index (χ3v) is 6.20. The Morgan fingerprint density at radius 3 is 2.85 bits per heavy atom. The van der Waals surface area contributed by atoms with E-state index in [-0.39, 0.29) is 5.91 Å². The van der Waals surface area contributed by atoms with Gasteiger partial charge in [-0.3, -0.25) is 14.8 Å². The standard InChI is InChI=1S/C25H32N4O3S/c1-3-4-5-11-24(31-2)32-29-25(30)23-13-12-22(33-23)21-10-6-9-20(28-21)18-27-16-14-19-8-7-15-26-17-19/h6-10,12-13,15,17,24,27H,3-5,11,14,16,18H2,1-2H3,(H,29,30). The average Bonchev–Trinajstić information content (AvgIpc) is 3.35. The minimum absolute atomic E-state index is 0.281. The van der Waals surface area contributed by atoms with Crippen LogP contribution in [0.15, 0.2) is 54.9 Å². The predicted octanol–water partition coefficient (Wildman–Crippen LogP) is 4.75. The molecule has 0 radical (unpaired) electrons. The summed E-state index contributed by atoms with van der Waals surface area (Å²) in [5.41, 5.74) is 5.52. The Kier molecular flexibility index (Phi) is 10.4. The van der Waals surface area contributed by atoms with Gasteiger partial charge in [0, 0.05) is 32.5 Å². The number of pyridine rings is 2. The van der Waals surface area contributed by atoms with Gasteiger partial charge < -0.3 is 10.1 Å². The Morgan fingerprint density at radius 1 is 1.15 bits per heavy atom. The summed E-state index contributed by atoms with van der Waals surface area (Å²) in [6, 6.07) is 13.7. The summed E-state index contributed by atoms with van der Waals surface area (Å²) in [4.78, 5) is 28.3. The van der Waals surface area contributed by atoms with Gasteiger partial charge in [0.25, 0.3) is 5.91 Å². The van der Waals surface area contributed by atoms with E-state index in [1.165, 1.54) is 16.9 Å². The second-order valence-electron chi connectivity index (χ2n) is 7.68. The van der Waals surface area contributed by atoms with Gasteiger partial charge in [-0.2, -0.15) is 0 Å². The molecule has 0 aliphatic carbocycles. The number of hydrogen-bond donors (Lipinski definition) is 2. The number of ether oxygens (including phenoxy) is 1. The molecule has 176 valence electrons. The summed E-state index contributed by atoms with van der Waals surface area (Å²) in [5, 5.41) is 3.42. The van der Waals surface area contributed by atoms with Crippen molar-refractivity contribution in [1.29, 1.82) is 0 Å². The first-order valence-corrected chi connectivity index (χ1v) is 12.2. The van der Waals surface area contributed by atoms with Gasteiger partial charge in [0.15, 0.2) is 6.29 Å². The normalized spacial score (nSPS) is 11.9. The fourth-order valence-corrected chi connectivity index (χ4v) is 4.13. The van der Waals surface area contributed by atoms with Crippen molar-refractivity contribution in [2.75, 3.05) is 13.7 Å². The predicted molar refractivity (Wildman–Crippen MR) is 131 cm³/mol. The first-order valence-electron chi connectivity index (χ1n) is 11.3. The number of rotatable bonds is 14. The van der Waals surface area contributed by atoms with Gasteiger partial charge in [0.1, 0.15) is 0 Å². The lowest BCUT2D eigenvalue weighted by molar-refractivity contribution is -0.157. The van der Waals surface area contributed by atoms with Crippen LogP contribution in [0.3, 0.4) is 0 Å². The van der Waals surface area contributed by atoms with E-state index >= 15 is 0 Å².